The van der Waals surface area contributed by atoms with Crippen LogP contribution >= 0.6 is 11.6 Å². The lowest BCUT2D eigenvalue weighted by molar-refractivity contribution is -0.384. The number of nitro groups is 1. The Hall–Kier alpha value is -1.53. The van der Waals surface area contributed by atoms with Gasteiger partial charge in [0.1, 0.15) is 11.4 Å². The number of anilines is 1. The Morgan fingerprint density at radius 1 is 1.32 bits per heavy atom. The quantitative estimate of drug-likeness (QED) is 0.628. The third-order valence-corrected chi connectivity index (χ3v) is 3.56. The summed E-state index contributed by atoms with van der Waals surface area (Å²) in [5, 5.41) is 11.6. The van der Waals surface area contributed by atoms with Gasteiger partial charge in [0.2, 0.25) is 0 Å². The van der Waals surface area contributed by atoms with Crippen molar-refractivity contribution in [2.24, 2.45) is 0 Å². The largest absolute Gasteiger partial charge is 0.496 e. The van der Waals surface area contributed by atoms with Crippen LogP contribution in [0.2, 0.25) is 5.02 Å². The van der Waals surface area contributed by atoms with Crippen molar-refractivity contribution in [2.75, 3.05) is 45.2 Å². The second kappa shape index (κ2) is 5.63. The van der Waals surface area contributed by atoms with E-state index < -0.39 is 4.92 Å². The van der Waals surface area contributed by atoms with E-state index in [9.17, 15) is 10.1 Å². The number of rotatable bonds is 3. The summed E-state index contributed by atoms with van der Waals surface area (Å²) >= 11 is 6.19. The average molecular weight is 286 g/mol. The molecular weight excluding hydrogens is 270 g/mol. The molecule has 0 saturated carbocycles. The van der Waals surface area contributed by atoms with E-state index in [-0.39, 0.29) is 5.69 Å². The maximum absolute atomic E-state index is 11.2. The summed E-state index contributed by atoms with van der Waals surface area (Å²) in [7, 11) is 3.49. The van der Waals surface area contributed by atoms with Gasteiger partial charge in [-0.3, -0.25) is 10.1 Å². The number of benzene rings is 1. The molecule has 1 aromatic rings. The van der Waals surface area contributed by atoms with Crippen molar-refractivity contribution in [3.05, 3.63) is 27.3 Å². The van der Waals surface area contributed by atoms with E-state index in [1.54, 1.807) is 6.07 Å². The maximum Gasteiger partial charge on any atom is 0.297 e. The Morgan fingerprint density at radius 3 is 2.47 bits per heavy atom. The summed E-state index contributed by atoms with van der Waals surface area (Å²) in [5.41, 5.74) is 0.481. The van der Waals surface area contributed by atoms with Gasteiger partial charge >= 0.3 is 0 Å². The van der Waals surface area contributed by atoms with Crippen LogP contribution in [0.15, 0.2) is 12.1 Å². The van der Waals surface area contributed by atoms with Gasteiger partial charge in [0.15, 0.2) is 0 Å². The van der Waals surface area contributed by atoms with E-state index in [1.807, 2.05) is 11.9 Å². The third-order valence-electron chi connectivity index (χ3n) is 3.27. The summed E-state index contributed by atoms with van der Waals surface area (Å²) in [6.45, 7) is 3.17. The molecule has 6 nitrogen and oxygen atoms in total. The number of likely N-dealkylation sites (N-methyl/N-ethyl adjacent to an activating group) is 1. The van der Waals surface area contributed by atoms with Crippen molar-refractivity contribution in [3.8, 4) is 5.75 Å². The van der Waals surface area contributed by atoms with Gasteiger partial charge in [-0.2, -0.15) is 0 Å². The van der Waals surface area contributed by atoms with E-state index in [0.717, 1.165) is 26.2 Å². The van der Waals surface area contributed by atoms with Gasteiger partial charge in [0.05, 0.1) is 23.1 Å². The highest BCUT2D eigenvalue weighted by Crippen LogP contribution is 2.39. The second-order valence-electron chi connectivity index (χ2n) is 4.52. The molecule has 0 unspecified atom stereocenters. The summed E-state index contributed by atoms with van der Waals surface area (Å²) in [5.74, 6) is 0.398. The van der Waals surface area contributed by atoms with E-state index >= 15 is 0 Å². The minimum absolute atomic E-state index is 0.00565. The maximum atomic E-state index is 11.2. The average Bonchev–Trinajstić information content (AvgIpc) is 2.39. The Balaban J connectivity index is 2.40. The van der Waals surface area contributed by atoms with Gasteiger partial charge in [-0.25, -0.2) is 0 Å². The zero-order valence-electron chi connectivity index (χ0n) is 10.9. The fourth-order valence-electron chi connectivity index (χ4n) is 2.16. The van der Waals surface area contributed by atoms with Crippen molar-refractivity contribution in [2.45, 2.75) is 0 Å². The van der Waals surface area contributed by atoms with Crippen LogP contribution < -0.4 is 9.64 Å². The predicted molar refractivity (Wildman–Crippen MR) is 74.4 cm³/mol. The van der Waals surface area contributed by atoms with Gasteiger partial charge in [0, 0.05) is 32.2 Å². The predicted octanol–water partition coefficient (Wildman–Crippen LogP) is 2.01. The Kier molecular flexibility index (Phi) is 4.11. The summed E-state index contributed by atoms with van der Waals surface area (Å²) in [6, 6.07) is 3.03. The first-order valence-electron chi connectivity index (χ1n) is 5.98. The molecule has 1 aromatic carbocycles. The number of hydrogen-bond acceptors (Lipinski definition) is 5. The summed E-state index contributed by atoms with van der Waals surface area (Å²) in [6.07, 6.45) is 0. The molecule has 0 atom stereocenters. The van der Waals surface area contributed by atoms with Gasteiger partial charge in [0.25, 0.3) is 5.69 Å². The number of nitro benzene ring substituents is 1. The van der Waals surface area contributed by atoms with Crippen LogP contribution in [0.3, 0.4) is 0 Å². The van der Waals surface area contributed by atoms with E-state index in [2.05, 4.69) is 4.90 Å². The Morgan fingerprint density at radius 2 is 1.95 bits per heavy atom. The number of piperazine rings is 1. The topological polar surface area (TPSA) is 58.8 Å². The first kappa shape index (κ1) is 13.9. The van der Waals surface area contributed by atoms with Crippen molar-refractivity contribution < 1.29 is 9.66 Å². The SMILES string of the molecule is COc1cc(Cl)c(N2CCN(C)CC2)c([N+](=O)[O-])c1. The van der Waals surface area contributed by atoms with E-state index in [4.69, 9.17) is 16.3 Å². The van der Waals surface area contributed by atoms with Crippen molar-refractivity contribution in [1.82, 2.24) is 4.90 Å². The summed E-state index contributed by atoms with van der Waals surface area (Å²) in [4.78, 5) is 14.9. The van der Waals surface area contributed by atoms with Crippen LogP contribution in [0, 0.1) is 10.1 Å². The smallest absolute Gasteiger partial charge is 0.297 e. The van der Waals surface area contributed by atoms with Crippen LogP contribution in [0.1, 0.15) is 0 Å². The van der Waals surface area contributed by atoms with Gasteiger partial charge in [-0.15, -0.1) is 0 Å². The molecule has 19 heavy (non-hydrogen) atoms. The van der Waals surface area contributed by atoms with Gasteiger partial charge in [-0.1, -0.05) is 11.6 Å². The van der Waals surface area contributed by atoms with E-state index in [1.165, 1.54) is 13.2 Å². The minimum atomic E-state index is -0.415. The minimum Gasteiger partial charge on any atom is -0.496 e. The molecule has 0 spiro atoms. The number of halogens is 1. The number of methoxy groups -OCH3 is 1. The van der Waals surface area contributed by atoms with Gasteiger partial charge in [-0.05, 0) is 7.05 Å². The lowest BCUT2D eigenvalue weighted by Crippen LogP contribution is -2.44. The molecule has 7 heteroatoms. The second-order valence-corrected chi connectivity index (χ2v) is 4.93. The molecule has 0 aliphatic carbocycles. The highest BCUT2D eigenvalue weighted by molar-refractivity contribution is 6.34. The molecular formula is C12H16ClN3O3. The fourth-order valence-corrected chi connectivity index (χ4v) is 2.48. The Bertz CT molecular complexity index is 487. The first-order chi connectivity index (χ1) is 9.02. The lowest BCUT2D eigenvalue weighted by atomic mass is 10.2. The highest BCUT2D eigenvalue weighted by atomic mass is 35.5. The number of hydrogen-bond donors (Lipinski definition) is 0. The summed E-state index contributed by atoms with van der Waals surface area (Å²) < 4.78 is 5.03. The molecule has 2 rings (SSSR count). The van der Waals surface area contributed by atoms with Crippen LogP contribution in [-0.4, -0.2) is 50.2 Å². The standard InChI is InChI=1S/C12H16ClN3O3/c1-14-3-5-15(6-4-14)12-10(13)7-9(19-2)8-11(12)16(17)18/h7-8H,3-6H2,1-2H3. The molecule has 1 heterocycles. The molecule has 0 N–H and O–H groups in total. The highest BCUT2D eigenvalue weighted by Gasteiger charge is 2.26. The zero-order chi connectivity index (χ0) is 14.0. The van der Waals surface area contributed by atoms with Crippen molar-refractivity contribution >= 4 is 23.0 Å². The number of ether oxygens (including phenoxy) is 1. The molecule has 1 fully saturated rings. The normalized spacial score (nSPS) is 16.5. The molecule has 104 valence electrons. The van der Waals surface area contributed by atoms with Crippen molar-refractivity contribution in [1.29, 1.82) is 0 Å². The van der Waals surface area contributed by atoms with Crippen LogP contribution in [-0.2, 0) is 0 Å². The number of nitrogens with zero attached hydrogens (tertiary/aromatic N) is 3. The molecule has 1 saturated heterocycles. The molecule has 0 bridgehead atoms. The first-order valence-corrected chi connectivity index (χ1v) is 6.36. The zero-order valence-corrected chi connectivity index (χ0v) is 11.7. The molecule has 0 aromatic heterocycles. The van der Waals surface area contributed by atoms with E-state index in [0.29, 0.717) is 16.5 Å². The molecule has 0 radical (unpaired) electrons. The van der Waals surface area contributed by atoms with Crippen molar-refractivity contribution in [3.63, 3.8) is 0 Å². The molecule has 1 aliphatic rings. The molecule has 0 amide bonds. The third kappa shape index (κ3) is 2.90. The fraction of sp³-hybridized carbons (Fsp3) is 0.500. The van der Waals surface area contributed by atoms with Gasteiger partial charge < -0.3 is 14.5 Å². The van der Waals surface area contributed by atoms with Crippen LogP contribution in [0.25, 0.3) is 0 Å². The van der Waals surface area contributed by atoms with Crippen LogP contribution in [0.5, 0.6) is 5.75 Å². The Labute approximate surface area is 116 Å². The molecule has 1 aliphatic heterocycles. The van der Waals surface area contributed by atoms with Crippen LogP contribution in [0.4, 0.5) is 11.4 Å². The lowest BCUT2D eigenvalue weighted by Gasteiger charge is -2.34. The monoisotopic (exact) mass is 285 g/mol.